The average molecular weight is 205 g/mol. The van der Waals surface area contributed by atoms with Crippen LogP contribution in [-0.4, -0.2) is 16.1 Å². The molecular weight excluding hydrogens is 190 g/mol. The van der Waals surface area contributed by atoms with Crippen molar-refractivity contribution in [2.24, 2.45) is 0 Å². The van der Waals surface area contributed by atoms with Crippen molar-refractivity contribution in [1.82, 2.24) is 9.55 Å². The third-order valence-electron chi connectivity index (χ3n) is 3.31. The standard InChI is InChI=1S/C11H15N3O/c15-10-8-4-2-1-3-5-9(8)13-11-12-6-7-14(10)11/h1-7H2,(H,12,13). The Bertz CT molecular complexity index is 450. The molecule has 4 heteroatoms. The molecule has 2 aliphatic rings. The van der Waals surface area contributed by atoms with Crippen LogP contribution >= 0.6 is 0 Å². The second-order valence-corrected chi connectivity index (χ2v) is 4.30. The molecule has 15 heavy (non-hydrogen) atoms. The first-order valence-electron chi connectivity index (χ1n) is 5.73. The van der Waals surface area contributed by atoms with Crippen molar-refractivity contribution in [3.05, 3.63) is 21.6 Å². The van der Waals surface area contributed by atoms with E-state index in [0.717, 1.165) is 49.6 Å². The smallest absolute Gasteiger partial charge is 0.258 e. The Labute approximate surface area is 88.3 Å². The highest BCUT2D eigenvalue weighted by Crippen LogP contribution is 2.19. The summed E-state index contributed by atoms with van der Waals surface area (Å²) in [6.45, 7) is 1.61. The summed E-state index contributed by atoms with van der Waals surface area (Å²) in [5.74, 6) is 0.778. The molecule has 1 aliphatic carbocycles. The van der Waals surface area contributed by atoms with Gasteiger partial charge in [0.1, 0.15) is 0 Å². The highest BCUT2D eigenvalue weighted by Gasteiger charge is 2.20. The Morgan fingerprint density at radius 2 is 2.07 bits per heavy atom. The van der Waals surface area contributed by atoms with Crippen LogP contribution in [0.5, 0.6) is 0 Å². The number of hydrogen-bond donors (Lipinski definition) is 1. The summed E-state index contributed by atoms with van der Waals surface area (Å²) in [5.41, 5.74) is 2.21. The highest BCUT2D eigenvalue weighted by atomic mass is 16.1. The van der Waals surface area contributed by atoms with Crippen molar-refractivity contribution in [3.63, 3.8) is 0 Å². The topological polar surface area (TPSA) is 46.9 Å². The third kappa shape index (κ3) is 1.35. The third-order valence-corrected chi connectivity index (χ3v) is 3.31. The molecule has 4 nitrogen and oxygen atoms in total. The molecule has 0 spiro atoms. The van der Waals surface area contributed by atoms with Crippen LogP contribution in [-0.2, 0) is 19.4 Å². The number of nitrogens with zero attached hydrogens (tertiary/aromatic N) is 2. The first kappa shape index (κ1) is 8.95. The van der Waals surface area contributed by atoms with Crippen LogP contribution in [0.2, 0.25) is 0 Å². The van der Waals surface area contributed by atoms with E-state index in [4.69, 9.17) is 0 Å². The molecule has 0 atom stereocenters. The van der Waals surface area contributed by atoms with Crippen LogP contribution in [0.3, 0.4) is 0 Å². The summed E-state index contributed by atoms with van der Waals surface area (Å²) in [4.78, 5) is 16.7. The van der Waals surface area contributed by atoms with Crippen molar-refractivity contribution in [3.8, 4) is 0 Å². The maximum Gasteiger partial charge on any atom is 0.258 e. The highest BCUT2D eigenvalue weighted by molar-refractivity contribution is 5.35. The molecule has 1 N–H and O–H groups in total. The molecular formula is C11H15N3O. The van der Waals surface area contributed by atoms with Gasteiger partial charge in [-0.2, -0.15) is 0 Å². The molecule has 0 saturated heterocycles. The normalized spacial score (nSPS) is 18.9. The maximum absolute atomic E-state index is 12.1. The SMILES string of the molecule is O=c1c2c(nc3n1CCN3)CCCCC2. The Morgan fingerprint density at radius 1 is 1.20 bits per heavy atom. The molecule has 0 fully saturated rings. The summed E-state index contributed by atoms with van der Waals surface area (Å²) >= 11 is 0. The van der Waals surface area contributed by atoms with Gasteiger partial charge in [-0.3, -0.25) is 9.36 Å². The van der Waals surface area contributed by atoms with Crippen molar-refractivity contribution >= 4 is 5.95 Å². The van der Waals surface area contributed by atoms with Crippen LogP contribution in [0.4, 0.5) is 5.95 Å². The lowest BCUT2D eigenvalue weighted by Crippen LogP contribution is -2.25. The zero-order valence-corrected chi connectivity index (χ0v) is 8.75. The summed E-state index contributed by atoms with van der Waals surface area (Å²) in [7, 11) is 0. The first-order valence-corrected chi connectivity index (χ1v) is 5.73. The number of nitrogens with one attached hydrogen (secondary N) is 1. The summed E-state index contributed by atoms with van der Waals surface area (Å²) < 4.78 is 1.78. The molecule has 0 radical (unpaired) electrons. The minimum absolute atomic E-state index is 0.196. The van der Waals surface area contributed by atoms with E-state index >= 15 is 0 Å². The van der Waals surface area contributed by atoms with Gasteiger partial charge in [0.05, 0.1) is 5.69 Å². The number of fused-ring (bicyclic) bond motifs is 2. The minimum atomic E-state index is 0.196. The number of aryl methyl sites for hydroxylation is 1. The summed E-state index contributed by atoms with van der Waals surface area (Å²) in [5, 5.41) is 3.16. The van der Waals surface area contributed by atoms with Gasteiger partial charge in [-0.05, 0) is 25.7 Å². The van der Waals surface area contributed by atoms with Crippen LogP contribution in [0.25, 0.3) is 0 Å². The van der Waals surface area contributed by atoms with Crippen LogP contribution in [0, 0.1) is 0 Å². The molecule has 1 aliphatic heterocycles. The van der Waals surface area contributed by atoms with Crippen molar-refractivity contribution < 1.29 is 0 Å². The lowest BCUT2D eigenvalue weighted by atomic mass is 10.1. The van der Waals surface area contributed by atoms with E-state index in [0.29, 0.717) is 0 Å². The van der Waals surface area contributed by atoms with Crippen molar-refractivity contribution in [1.29, 1.82) is 0 Å². The zero-order valence-electron chi connectivity index (χ0n) is 8.75. The lowest BCUT2D eigenvalue weighted by Gasteiger charge is -2.08. The fourth-order valence-corrected chi connectivity index (χ4v) is 2.49. The minimum Gasteiger partial charge on any atom is -0.354 e. The second kappa shape index (κ2) is 3.36. The van der Waals surface area contributed by atoms with E-state index in [9.17, 15) is 4.79 Å². The zero-order chi connectivity index (χ0) is 10.3. The lowest BCUT2D eigenvalue weighted by molar-refractivity contribution is 0.706. The predicted octanol–water partition coefficient (Wildman–Crippen LogP) is 0.938. The fourth-order valence-electron chi connectivity index (χ4n) is 2.49. The number of anilines is 1. The van der Waals surface area contributed by atoms with Crippen LogP contribution < -0.4 is 10.9 Å². The number of hydrogen-bond acceptors (Lipinski definition) is 3. The van der Waals surface area contributed by atoms with E-state index in [1.54, 1.807) is 4.57 Å². The molecule has 1 aromatic rings. The van der Waals surface area contributed by atoms with Gasteiger partial charge in [-0.25, -0.2) is 4.98 Å². The predicted molar refractivity (Wildman–Crippen MR) is 58.2 cm³/mol. The molecule has 0 unspecified atom stereocenters. The van der Waals surface area contributed by atoms with Gasteiger partial charge in [-0.15, -0.1) is 0 Å². The monoisotopic (exact) mass is 205 g/mol. The van der Waals surface area contributed by atoms with Gasteiger partial charge in [0.25, 0.3) is 5.56 Å². The summed E-state index contributed by atoms with van der Waals surface area (Å²) in [6, 6.07) is 0. The summed E-state index contributed by atoms with van der Waals surface area (Å²) in [6.07, 6.45) is 5.42. The molecule has 0 saturated carbocycles. The largest absolute Gasteiger partial charge is 0.354 e. The number of rotatable bonds is 0. The second-order valence-electron chi connectivity index (χ2n) is 4.30. The Balaban J connectivity index is 2.19. The van der Waals surface area contributed by atoms with Crippen LogP contribution in [0.15, 0.2) is 4.79 Å². The van der Waals surface area contributed by atoms with E-state index in [-0.39, 0.29) is 5.56 Å². The number of aromatic nitrogens is 2. The van der Waals surface area contributed by atoms with Crippen molar-refractivity contribution in [2.75, 3.05) is 11.9 Å². The van der Waals surface area contributed by atoms with Gasteiger partial charge >= 0.3 is 0 Å². The fraction of sp³-hybridized carbons (Fsp3) is 0.636. The molecule has 1 aromatic heterocycles. The van der Waals surface area contributed by atoms with E-state index in [1.165, 1.54) is 12.8 Å². The van der Waals surface area contributed by atoms with Gasteiger partial charge in [-0.1, -0.05) is 6.42 Å². The Kier molecular flexibility index (Phi) is 2.01. The Hall–Kier alpha value is -1.32. The maximum atomic E-state index is 12.1. The average Bonchev–Trinajstić information content (AvgIpc) is 2.56. The molecule has 80 valence electrons. The van der Waals surface area contributed by atoms with Gasteiger partial charge in [0.2, 0.25) is 5.95 Å². The van der Waals surface area contributed by atoms with Gasteiger partial charge < -0.3 is 5.32 Å². The Morgan fingerprint density at radius 3 is 3.00 bits per heavy atom. The molecule has 3 rings (SSSR count). The first-order chi connectivity index (χ1) is 7.36. The van der Waals surface area contributed by atoms with E-state index in [1.807, 2.05) is 0 Å². The van der Waals surface area contributed by atoms with E-state index in [2.05, 4.69) is 10.3 Å². The molecule has 0 amide bonds. The molecule has 0 aromatic carbocycles. The van der Waals surface area contributed by atoms with E-state index < -0.39 is 0 Å². The van der Waals surface area contributed by atoms with Crippen LogP contribution in [0.1, 0.15) is 30.5 Å². The van der Waals surface area contributed by atoms with Gasteiger partial charge in [0.15, 0.2) is 0 Å². The van der Waals surface area contributed by atoms with Crippen molar-refractivity contribution in [2.45, 2.75) is 38.6 Å². The molecule has 2 heterocycles. The van der Waals surface area contributed by atoms with Gasteiger partial charge in [0, 0.05) is 18.7 Å². The molecule has 0 bridgehead atoms. The quantitative estimate of drug-likeness (QED) is 0.641.